The van der Waals surface area contributed by atoms with E-state index >= 15 is 0 Å². The van der Waals surface area contributed by atoms with Crippen LogP contribution in [0.3, 0.4) is 0 Å². The highest BCUT2D eigenvalue weighted by Crippen LogP contribution is 2.20. The van der Waals surface area contributed by atoms with Crippen LogP contribution in [0.1, 0.15) is 5.56 Å². The van der Waals surface area contributed by atoms with Crippen LogP contribution in [0, 0.1) is 11.3 Å². The lowest BCUT2D eigenvalue weighted by molar-refractivity contribution is -0.113. The van der Waals surface area contributed by atoms with Crippen LogP contribution >= 0.6 is 23.4 Å². The van der Waals surface area contributed by atoms with Crippen LogP contribution in [0.15, 0.2) is 18.2 Å². The smallest absolute Gasteiger partial charge is 0.234 e. The van der Waals surface area contributed by atoms with Gasteiger partial charge in [0.1, 0.15) is 6.07 Å². The van der Waals surface area contributed by atoms with Gasteiger partial charge in [-0.2, -0.15) is 17.0 Å². The average molecular weight is 270 g/mol. The summed E-state index contributed by atoms with van der Waals surface area (Å²) < 4.78 is 0. The summed E-state index contributed by atoms with van der Waals surface area (Å²) in [5.74, 6) is 1.00. The van der Waals surface area contributed by atoms with Gasteiger partial charge in [0.25, 0.3) is 0 Å². The predicted molar refractivity (Wildman–Crippen MR) is 71.2 cm³/mol. The number of rotatable bonds is 5. The molecular formula is C11H12ClN3OS. The Labute approximate surface area is 109 Å². The zero-order chi connectivity index (χ0) is 12.7. The van der Waals surface area contributed by atoms with Crippen LogP contribution in [0.2, 0.25) is 5.02 Å². The molecule has 3 N–H and O–H groups in total. The molecule has 0 aliphatic rings. The molecule has 0 heterocycles. The first-order valence-electron chi connectivity index (χ1n) is 4.94. The van der Waals surface area contributed by atoms with Crippen molar-refractivity contribution in [2.45, 2.75) is 0 Å². The standard InChI is InChI=1S/C11H12ClN3OS/c12-10-5-9(2-1-8(10)6-14)15-11(16)7-17-4-3-13/h1-2,5H,3-4,7,13H2,(H,15,16). The van der Waals surface area contributed by atoms with Gasteiger partial charge >= 0.3 is 0 Å². The molecule has 0 aromatic heterocycles. The third kappa shape index (κ3) is 4.65. The molecule has 6 heteroatoms. The van der Waals surface area contributed by atoms with Gasteiger partial charge in [-0.1, -0.05) is 11.6 Å². The van der Waals surface area contributed by atoms with Crippen molar-refractivity contribution < 1.29 is 4.79 Å². The van der Waals surface area contributed by atoms with Crippen molar-refractivity contribution in [2.75, 3.05) is 23.4 Å². The van der Waals surface area contributed by atoms with E-state index in [-0.39, 0.29) is 5.91 Å². The Balaban J connectivity index is 2.55. The van der Waals surface area contributed by atoms with Gasteiger partial charge in [0.2, 0.25) is 5.91 Å². The average Bonchev–Trinajstić information content (AvgIpc) is 2.29. The molecule has 17 heavy (non-hydrogen) atoms. The number of carbonyl (C=O) groups excluding carboxylic acids is 1. The highest BCUT2D eigenvalue weighted by atomic mass is 35.5. The third-order valence-corrected chi connectivity index (χ3v) is 3.17. The van der Waals surface area contributed by atoms with Gasteiger partial charge in [-0.05, 0) is 18.2 Å². The second-order valence-corrected chi connectivity index (χ2v) is 4.71. The van der Waals surface area contributed by atoms with E-state index in [9.17, 15) is 4.79 Å². The maximum atomic E-state index is 11.5. The van der Waals surface area contributed by atoms with Crippen LogP contribution < -0.4 is 11.1 Å². The number of benzene rings is 1. The van der Waals surface area contributed by atoms with Gasteiger partial charge in [0, 0.05) is 18.0 Å². The molecule has 0 fully saturated rings. The highest BCUT2D eigenvalue weighted by molar-refractivity contribution is 7.99. The van der Waals surface area contributed by atoms with Gasteiger partial charge in [-0.15, -0.1) is 0 Å². The number of hydrogen-bond donors (Lipinski definition) is 2. The Kier molecular flexibility index (Phi) is 5.84. The van der Waals surface area contributed by atoms with E-state index in [1.807, 2.05) is 6.07 Å². The first-order valence-corrected chi connectivity index (χ1v) is 6.48. The number of amides is 1. The lowest BCUT2D eigenvalue weighted by Crippen LogP contribution is -2.15. The van der Waals surface area contributed by atoms with Crippen molar-refractivity contribution >= 4 is 35.0 Å². The summed E-state index contributed by atoms with van der Waals surface area (Å²) in [7, 11) is 0. The van der Waals surface area contributed by atoms with Crippen molar-refractivity contribution in [2.24, 2.45) is 5.73 Å². The van der Waals surface area contributed by atoms with Gasteiger partial charge in [0.15, 0.2) is 0 Å². The van der Waals surface area contributed by atoms with Gasteiger partial charge in [-0.25, -0.2) is 0 Å². The monoisotopic (exact) mass is 269 g/mol. The fourth-order valence-corrected chi connectivity index (χ4v) is 1.92. The van der Waals surface area contributed by atoms with E-state index in [0.717, 1.165) is 5.75 Å². The number of carbonyl (C=O) groups is 1. The molecule has 0 bridgehead atoms. The van der Waals surface area contributed by atoms with Crippen LogP contribution in [-0.4, -0.2) is 24.0 Å². The van der Waals surface area contributed by atoms with Crippen molar-refractivity contribution in [1.29, 1.82) is 5.26 Å². The minimum Gasteiger partial charge on any atom is -0.330 e. The summed E-state index contributed by atoms with van der Waals surface area (Å²) >= 11 is 7.31. The molecule has 0 aliphatic heterocycles. The fraction of sp³-hybridized carbons (Fsp3) is 0.273. The summed E-state index contributed by atoms with van der Waals surface area (Å²) in [5, 5.41) is 11.7. The molecule has 0 spiro atoms. The number of nitriles is 1. The minimum absolute atomic E-state index is 0.107. The molecule has 1 aromatic carbocycles. The van der Waals surface area contributed by atoms with E-state index in [4.69, 9.17) is 22.6 Å². The topological polar surface area (TPSA) is 78.9 Å². The first-order chi connectivity index (χ1) is 8.17. The quantitative estimate of drug-likeness (QED) is 0.800. The zero-order valence-electron chi connectivity index (χ0n) is 9.07. The normalized spacial score (nSPS) is 9.71. The second kappa shape index (κ2) is 7.17. The van der Waals surface area contributed by atoms with Crippen molar-refractivity contribution in [3.63, 3.8) is 0 Å². The molecule has 0 saturated carbocycles. The predicted octanol–water partition coefficient (Wildman–Crippen LogP) is 1.84. The summed E-state index contributed by atoms with van der Waals surface area (Å²) in [5.41, 5.74) is 6.30. The summed E-state index contributed by atoms with van der Waals surface area (Å²) in [6.07, 6.45) is 0. The second-order valence-electron chi connectivity index (χ2n) is 3.20. The van der Waals surface area contributed by atoms with E-state index in [1.165, 1.54) is 11.8 Å². The Bertz CT molecular complexity index is 445. The number of anilines is 1. The lowest BCUT2D eigenvalue weighted by atomic mass is 10.2. The molecule has 90 valence electrons. The van der Waals surface area contributed by atoms with Crippen LogP contribution in [0.25, 0.3) is 0 Å². The van der Waals surface area contributed by atoms with E-state index < -0.39 is 0 Å². The SMILES string of the molecule is N#Cc1ccc(NC(=O)CSCCN)cc1Cl. The number of thioether (sulfide) groups is 1. The maximum Gasteiger partial charge on any atom is 0.234 e. The van der Waals surface area contributed by atoms with Crippen LogP contribution in [0.5, 0.6) is 0 Å². The maximum absolute atomic E-state index is 11.5. The number of nitrogens with one attached hydrogen (secondary N) is 1. The summed E-state index contributed by atoms with van der Waals surface area (Å²) in [4.78, 5) is 11.5. The molecule has 0 aliphatic carbocycles. The van der Waals surface area contributed by atoms with Crippen LogP contribution in [-0.2, 0) is 4.79 Å². The summed E-state index contributed by atoms with van der Waals surface area (Å²) in [6.45, 7) is 0.556. The third-order valence-electron chi connectivity index (χ3n) is 1.87. The fourth-order valence-electron chi connectivity index (χ4n) is 1.13. The first kappa shape index (κ1) is 13.8. The lowest BCUT2D eigenvalue weighted by Gasteiger charge is -2.05. The van der Waals surface area contributed by atoms with Crippen molar-refractivity contribution in [3.05, 3.63) is 28.8 Å². The largest absolute Gasteiger partial charge is 0.330 e. The van der Waals surface area contributed by atoms with Crippen LogP contribution in [0.4, 0.5) is 5.69 Å². The highest BCUT2D eigenvalue weighted by Gasteiger charge is 2.05. The van der Waals surface area contributed by atoms with Gasteiger partial charge < -0.3 is 11.1 Å². The number of hydrogen-bond acceptors (Lipinski definition) is 4. The zero-order valence-corrected chi connectivity index (χ0v) is 10.6. The van der Waals surface area contributed by atoms with E-state index in [2.05, 4.69) is 5.32 Å². The Hall–Kier alpha value is -1.22. The van der Waals surface area contributed by atoms with Gasteiger partial charge in [-0.3, -0.25) is 4.79 Å². The molecule has 1 aromatic rings. The minimum atomic E-state index is -0.107. The molecular weight excluding hydrogens is 258 g/mol. The molecule has 0 radical (unpaired) electrons. The van der Waals surface area contributed by atoms with Crippen molar-refractivity contribution in [3.8, 4) is 6.07 Å². The van der Waals surface area contributed by atoms with E-state index in [1.54, 1.807) is 18.2 Å². The Morgan fingerprint density at radius 3 is 2.94 bits per heavy atom. The summed E-state index contributed by atoms with van der Waals surface area (Å²) in [6, 6.07) is 6.74. The number of halogens is 1. The molecule has 1 rings (SSSR count). The molecule has 4 nitrogen and oxygen atoms in total. The molecule has 0 unspecified atom stereocenters. The van der Waals surface area contributed by atoms with Crippen molar-refractivity contribution in [1.82, 2.24) is 0 Å². The molecule has 1 amide bonds. The Morgan fingerprint density at radius 2 is 2.35 bits per heavy atom. The number of nitrogens with two attached hydrogens (primary N) is 1. The van der Waals surface area contributed by atoms with Gasteiger partial charge in [0.05, 0.1) is 16.3 Å². The van der Waals surface area contributed by atoms with E-state index in [0.29, 0.717) is 28.6 Å². The molecule has 0 atom stereocenters. The molecule has 0 saturated heterocycles. The Morgan fingerprint density at radius 1 is 1.59 bits per heavy atom. The number of nitrogens with zero attached hydrogens (tertiary/aromatic N) is 1.